The van der Waals surface area contributed by atoms with Crippen LogP contribution in [0, 0.1) is 17.8 Å². The second-order valence-electron chi connectivity index (χ2n) is 6.55. The second-order valence-corrected chi connectivity index (χ2v) is 6.55. The van der Waals surface area contributed by atoms with Gasteiger partial charge in [-0.05, 0) is 25.7 Å². The first-order valence-electron chi connectivity index (χ1n) is 8.65. The predicted molar refractivity (Wildman–Crippen MR) is 92.0 cm³/mol. The number of cyclic esters (lactones) is 1. The van der Waals surface area contributed by atoms with Gasteiger partial charge in [-0.15, -0.1) is 0 Å². The van der Waals surface area contributed by atoms with Crippen LogP contribution in [0.25, 0.3) is 0 Å². The van der Waals surface area contributed by atoms with Gasteiger partial charge >= 0.3 is 5.97 Å². The molecule has 132 valence electrons. The Morgan fingerprint density at radius 2 is 2.13 bits per heavy atom. The maximum absolute atomic E-state index is 11.5. The van der Waals surface area contributed by atoms with Crippen molar-refractivity contribution in [3.05, 3.63) is 24.3 Å². The molecule has 0 spiro atoms. The van der Waals surface area contributed by atoms with Crippen LogP contribution >= 0.6 is 0 Å². The van der Waals surface area contributed by atoms with Crippen molar-refractivity contribution in [1.82, 2.24) is 0 Å². The molecule has 4 heteroatoms. The Bertz CT molecular complexity index is 416. The molecule has 1 aliphatic heterocycles. The smallest absolute Gasteiger partial charge is 0.330 e. The van der Waals surface area contributed by atoms with Crippen LogP contribution in [0.15, 0.2) is 24.3 Å². The van der Waals surface area contributed by atoms with E-state index in [-0.39, 0.29) is 30.0 Å². The topological polar surface area (TPSA) is 55.8 Å². The first kappa shape index (κ1) is 19.9. The van der Waals surface area contributed by atoms with Crippen molar-refractivity contribution >= 4 is 5.97 Å². The van der Waals surface area contributed by atoms with Crippen molar-refractivity contribution in [3.63, 3.8) is 0 Å². The Morgan fingerprint density at radius 1 is 1.43 bits per heavy atom. The fourth-order valence-electron chi connectivity index (χ4n) is 3.35. The highest BCUT2D eigenvalue weighted by atomic mass is 16.5. The van der Waals surface area contributed by atoms with E-state index in [4.69, 9.17) is 9.47 Å². The average molecular weight is 324 g/mol. The highest BCUT2D eigenvalue weighted by molar-refractivity contribution is 5.82. The molecular weight excluding hydrogens is 292 g/mol. The normalized spacial score (nSPS) is 26.8. The lowest BCUT2D eigenvalue weighted by Gasteiger charge is -2.34. The Hall–Kier alpha value is -1.13. The molecule has 0 radical (unpaired) electrons. The summed E-state index contributed by atoms with van der Waals surface area (Å²) in [6, 6.07) is 0. The first-order chi connectivity index (χ1) is 10.9. The van der Waals surface area contributed by atoms with Crippen molar-refractivity contribution in [1.29, 1.82) is 0 Å². The summed E-state index contributed by atoms with van der Waals surface area (Å²) >= 11 is 0. The summed E-state index contributed by atoms with van der Waals surface area (Å²) in [5, 5.41) is 10.6. The molecule has 0 aliphatic carbocycles. The summed E-state index contributed by atoms with van der Waals surface area (Å²) in [5.74, 6) is 0.152. The van der Waals surface area contributed by atoms with Gasteiger partial charge in [0.2, 0.25) is 0 Å². The molecule has 23 heavy (non-hydrogen) atoms. The Balaban J connectivity index is 2.68. The Labute approximate surface area is 140 Å². The molecule has 0 aromatic rings. The number of carbonyl (C=O) groups is 1. The lowest BCUT2D eigenvalue weighted by atomic mass is 9.83. The number of ether oxygens (including phenoxy) is 2. The lowest BCUT2D eigenvalue weighted by molar-refractivity contribution is -0.149. The summed E-state index contributed by atoms with van der Waals surface area (Å²) in [5.41, 5.74) is 0. The predicted octanol–water partition coefficient (Wildman–Crippen LogP) is 3.50. The van der Waals surface area contributed by atoms with Crippen LogP contribution in [0.4, 0.5) is 0 Å². The van der Waals surface area contributed by atoms with Crippen LogP contribution in [-0.2, 0) is 14.3 Å². The zero-order valence-corrected chi connectivity index (χ0v) is 15.1. The summed E-state index contributed by atoms with van der Waals surface area (Å²) in [4.78, 5) is 11.5. The molecule has 1 rings (SSSR count). The molecule has 0 unspecified atom stereocenters. The summed E-state index contributed by atoms with van der Waals surface area (Å²) in [6.07, 6.45) is 8.95. The minimum Gasteiger partial charge on any atom is -0.458 e. The highest BCUT2D eigenvalue weighted by Gasteiger charge is 2.33. The Kier molecular flexibility index (Phi) is 8.56. The third kappa shape index (κ3) is 5.78. The molecule has 6 atom stereocenters. The van der Waals surface area contributed by atoms with Crippen LogP contribution < -0.4 is 0 Å². The van der Waals surface area contributed by atoms with Crippen LogP contribution in [0.5, 0.6) is 0 Å². The molecule has 1 heterocycles. The number of rotatable bonds is 9. The van der Waals surface area contributed by atoms with E-state index in [0.29, 0.717) is 12.3 Å². The van der Waals surface area contributed by atoms with Gasteiger partial charge in [0.25, 0.3) is 0 Å². The first-order valence-corrected chi connectivity index (χ1v) is 8.65. The number of carbonyl (C=O) groups excluding carboxylic acids is 1. The number of allylic oxidation sites excluding steroid dienone is 2. The fourth-order valence-corrected chi connectivity index (χ4v) is 3.35. The van der Waals surface area contributed by atoms with E-state index in [9.17, 15) is 9.90 Å². The number of methoxy groups -OCH3 is 1. The van der Waals surface area contributed by atoms with E-state index in [2.05, 4.69) is 19.9 Å². The van der Waals surface area contributed by atoms with Crippen LogP contribution in [-0.4, -0.2) is 36.5 Å². The summed E-state index contributed by atoms with van der Waals surface area (Å²) in [6.45, 7) is 8.21. The molecule has 0 saturated carbocycles. The highest BCUT2D eigenvalue weighted by Crippen LogP contribution is 2.29. The molecule has 1 N–H and O–H groups in total. The summed E-state index contributed by atoms with van der Waals surface area (Å²) < 4.78 is 11.1. The van der Waals surface area contributed by atoms with Crippen molar-refractivity contribution < 1.29 is 19.4 Å². The van der Waals surface area contributed by atoms with E-state index in [1.807, 2.05) is 26.0 Å². The number of hydrogen-bond acceptors (Lipinski definition) is 4. The van der Waals surface area contributed by atoms with Gasteiger partial charge in [-0.25, -0.2) is 4.79 Å². The quantitative estimate of drug-likeness (QED) is 0.521. The molecule has 0 saturated heterocycles. The van der Waals surface area contributed by atoms with Gasteiger partial charge in [0, 0.05) is 31.4 Å². The number of esters is 1. The molecule has 4 nitrogen and oxygen atoms in total. The molecule has 0 aromatic heterocycles. The van der Waals surface area contributed by atoms with Gasteiger partial charge in [0.05, 0.1) is 12.2 Å². The van der Waals surface area contributed by atoms with Gasteiger partial charge < -0.3 is 14.6 Å². The zero-order valence-electron chi connectivity index (χ0n) is 15.1. The van der Waals surface area contributed by atoms with Gasteiger partial charge in [-0.2, -0.15) is 0 Å². The third-order valence-electron chi connectivity index (χ3n) is 4.87. The van der Waals surface area contributed by atoms with Gasteiger partial charge in [0.1, 0.15) is 6.10 Å². The second kappa shape index (κ2) is 9.89. The van der Waals surface area contributed by atoms with E-state index in [1.165, 1.54) is 6.08 Å². The molecule has 0 aromatic carbocycles. The largest absolute Gasteiger partial charge is 0.458 e. The monoisotopic (exact) mass is 324 g/mol. The van der Waals surface area contributed by atoms with Crippen LogP contribution in [0.1, 0.15) is 47.0 Å². The van der Waals surface area contributed by atoms with Gasteiger partial charge in [0.15, 0.2) is 0 Å². The Morgan fingerprint density at radius 3 is 2.70 bits per heavy atom. The van der Waals surface area contributed by atoms with E-state index in [1.54, 1.807) is 7.11 Å². The minimum atomic E-state index is -0.564. The zero-order chi connectivity index (χ0) is 17.4. The molecule has 0 amide bonds. The van der Waals surface area contributed by atoms with Crippen molar-refractivity contribution in [2.24, 2.45) is 17.8 Å². The standard InChI is InChI=1S/C19H32O4/c1-6-8-9-13(3)19(22-5)14(4)16(20)12-17-15(7-2)10-11-18(21)23-17/h6,8,10-11,13-17,19-20H,7,9,12H2,1-5H3/t13-,14-,15+,16+,17+,19+/m0/s1. The SMILES string of the molecule is CC=CC[C@H](C)[C@@H](OC)[C@@H](C)[C@H](O)C[C@H]1OC(=O)C=C[C@H]1CC. The lowest BCUT2D eigenvalue weighted by Crippen LogP contribution is -2.40. The van der Waals surface area contributed by atoms with Crippen LogP contribution in [0.3, 0.4) is 0 Å². The maximum Gasteiger partial charge on any atom is 0.330 e. The number of aliphatic hydroxyl groups is 1. The van der Waals surface area contributed by atoms with E-state index < -0.39 is 6.10 Å². The minimum absolute atomic E-state index is 0.0256. The molecule has 0 bridgehead atoms. The number of aliphatic hydroxyl groups excluding tert-OH is 1. The van der Waals surface area contributed by atoms with Crippen molar-refractivity contribution in [2.75, 3.05) is 7.11 Å². The maximum atomic E-state index is 11.5. The van der Waals surface area contributed by atoms with Crippen LogP contribution in [0.2, 0.25) is 0 Å². The van der Waals surface area contributed by atoms with Crippen molar-refractivity contribution in [2.45, 2.75) is 65.3 Å². The van der Waals surface area contributed by atoms with Crippen molar-refractivity contribution in [3.8, 4) is 0 Å². The fraction of sp³-hybridized carbons (Fsp3) is 0.737. The van der Waals surface area contributed by atoms with Gasteiger partial charge in [-0.1, -0.05) is 39.0 Å². The number of hydrogen-bond donors (Lipinski definition) is 1. The third-order valence-corrected chi connectivity index (χ3v) is 4.87. The molecule has 0 fully saturated rings. The molecular formula is C19H32O4. The van der Waals surface area contributed by atoms with E-state index in [0.717, 1.165) is 12.8 Å². The molecule has 1 aliphatic rings. The summed E-state index contributed by atoms with van der Waals surface area (Å²) in [7, 11) is 1.69. The van der Waals surface area contributed by atoms with E-state index >= 15 is 0 Å². The van der Waals surface area contributed by atoms with Gasteiger partial charge in [-0.3, -0.25) is 0 Å². The average Bonchev–Trinajstić information content (AvgIpc) is 2.53.